The highest BCUT2D eigenvalue weighted by Crippen LogP contribution is 2.33. The van der Waals surface area contributed by atoms with Gasteiger partial charge in [0.2, 0.25) is 17.8 Å². The van der Waals surface area contributed by atoms with E-state index in [1.165, 1.54) is 10.9 Å². The first-order valence-corrected chi connectivity index (χ1v) is 20.6. The van der Waals surface area contributed by atoms with Crippen molar-refractivity contribution in [3.8, 4) is 11.5 Å². The van der Waals surface area contributed by atoms with Crippen LogP contribution in [-0.4, -0.2) is 120 Å². The molecule has 0 unspecified atom stereocenters. The lowest BCUT2D eigenvalue weighted by Gasteiger charge is -2.51. The average molecular weight is 849 g/mol. The summed E-state index contributed by atoms with van der Waals surface area (Å²) in [5, 5.41) is 17.9. The van der Waals surface area contributed by atoms with Crippen LogP contribution >= 0.6 is 0 Å². The van der Waals surface area contributed by atoms with Crippen LogP contribution in [-0.2, 0) is 38.0 Å². The van der Waals surface area contributed by atoms with E-state index >= 15 is 0 Å². The number of carbonyl (C=O) groups is 3. The van der Waals surface area contributed by atoms with E-state index in [1.54, 1.807) is 43.1 Å². The van der Waals surface area contributed by atoms with Crippen molar-refractivity contribution in [2.45, 2.75) is 52.0 Å². The van der Waals surface area contributed by atoms with Gasteiger partial charge in [-0.05, 0) is 62.2 Å². The highest BCUT2D eigenvalue weighted by atomic mass is 16.5. The fraction of sp³-hybridized carbons (Fsp3) is 0.405. The van der Waals surface area contributed by atoms with Gasteiger partial charge >= 0.3 is 0 Å². The zero-order valence-corrected chi connectivity index (χ0v) is 35.3. The lowest BCUT2D eigenvalue weighted by atomic mass is 9.92. The highest BCUT2D eigenvalue weighted by molar-refractivity contribution is 6.05. The summed E-state index contributed by atoms with van der Waals surface area (Å²) in [6.45, 7) is 10.3. The molecule has 6 heterocycles. The van der Waals surface area contributed by atoms with Crippen LogP contribution in [0.3, 0.4) is 0 Å². The van der Waals surface area contributed by atoms with Gasteiger partial charge in [-0.3, -0.25) is 39.3 Å². The molecule has 62 heavy (non-hydrogen) atoms. The molecule has 2 aliphatic heterocycles. The van der Waals surface area contributed by atoms with Crippen molar-refractivity contribution in [2.75, 3.05) is 63.7 Å². The number of anilines is 2. The minimum Gasteiger partial charge on any atom is -0.494 e. The average Bonchev–Trinajstić information content (AvgIpc) is 4.03. The first kappa shape index (κ1) is 42.1. The monoisotopic (exact) mass is 848 g/mol. The third kappa shape index (κ3) is 8.49. The third-order valence-electron chi connectivity index (χ3n) is 11.1. The van der Waals surface area contributed by atoms with Crippen LogP contribution in [0.5, 0.6) is 11.5 Å². The number of aromatic nitrogens is 8. The van der Waals surface area contributed by atoms with Crippen molar-refractivity contribution in [1.29, 1.82) is 0 Å². The standard InChI is InChI=1S/C42H52N14O6/c1-5-56-32(17-26(2)51-56)39(59)50-40-47-29-18-27(22-43)19-33(60-4)35(29)54(40)13-6-7-14-55-36-30(48-41(55)49-38(58)31-9-10-46-52(31)3)20-28(37(44)57)21-34(36)61-15-8-12-53-24-42(25-53)23-45-11-16-62-42/h6-7,9-10,17-21,45H,5,8,11-16,22-25,43H2,1-4H3,(H2,44,57)(H,47,50,59)(H,48,49,58)/b7-6+. The Kier molecular flexibility index (Phi) is 12.1. The molecule has 20 heteroatoms. The highest BCUT2D eigenvalue weighted by Gasteiger charge is 2.44. The second kappa shape index (κ2) is 17.8. The number of morpholine rings is 1. The number of hydrogen-bond acceptors (Lipinski definition) is 13. The molecule has 0 atom stereocenters. The van der Waals surface area contributed by atoms with Crippen molar-refractivity contribution < 1.29 is 28.6 Å². The molecule has 2 fully saturated rings. The lowest BCUT2D eigenvalue weighted by Crippen LogP contribution is -2.69. The normalized spacial score (nSPS) is 15.1. The van der Waals surface area contributed by atoms with Crippen LogP contribution < -0.4 is 36.9 Å². The number of nitrogens with one attached hydrogen (secondary N) is 3. The molecule has 1 spiro atoms. The van der Waals surface area contributed by atoms with Gasteiger partial charge in [-0.25, -0.2) is 9.97 Å². The minimum atomic E-state index is -0.641. The number of likely N-dealkylation sites (tertiary alicyclic amines) is 1. The summed E-state index contributed by atoms with van der Waals surface area (Å²) in [7, 11) is 3.24. The lowest BCUT2D eigenvalue weighted by molar-refractivity contribution is -0.156. The maximum absolute atomic E-state index is 13.7. The molecule has 2 aromatic carbocycles. The molecule has 0 radical (unpaired) electrons. The SMILES string of the molecule is CCn1nc(C)cc1C(=O)Nc1nc2cc(CN)cc(OC)c2n1C/C=C/Cn1c(NC(=O)c2ccnn2C)nc2cc(C(N)=O)cc(OCCCN3CC4(CNCCO4)C3)c21. The summed E-state index contributed by atoms with van der Waals surface area (Å²) in [6, 6.07) is 10.3. The van der Waals surface area contributed by atoms with Crippen LogP contribution in [0.4, 0.5) is 11.9 Å². The van der Waals surface area contributed by atoms with E-state index in [1.807, 2.05) is 47.3 Å². The van der Waals surface area contributed by atoms with Gasteiger partial charge in [-0.15, -0.1) is 0 Å². The van der Waals surface area contributed by atoms with Gasteiger partial charge in [0.25, 0.3) is 11.8 Å². The Hall–Kier alpha value is -6.61. The first-order chi connectivity index (χ1) is 30.0. The van der Waals surface area contributed by atoms with Gasteiger partial charge < -0.3 is 40.1 Å². The number of fused-ring (bicyclic) bond motifs is 2. The van der Waals surface area contributed by atoms with Crippen molar-refractivity contribution in [1.82, 2.24) is 48.9 Å². The predicted molar refractivity (Wildman–Crippen MR) is 231 cm³/mol. The van der Waals surface area contributed by atoms with Crippen LogP contribution in [0.25, 0.3) is 22.1 Å². The van der Waals surface area contributed by atoms with Gasteiger partial charge in [-0.2, -0.15) is 10.2 Å². The number of carbonyl (C=O) groups excluding carboxylic acids is 3. The van der Waals surface area contributed by atoms with E-state index < -0.39 is 11.8 Å². The Morgan fingerprint density at radius 3 is 2.27 bits per heavy atom. The second-order valence-corrected chi connectivity index (χ2v) is 15.5. The summed E-state index contributed by atoms with van der Waals surface area (Å²) < 4.78 is 25.0. The number of ether oxygens (including phenoxy) is 3. The Labute approximate surface area is 357 Å². The maximum atomic E-state index is 13.7. The molecule has 0 bridgehead atoms. The van der Waals surface area contributed by atoms with Gasteiger partial charge in [0, 0.05) is 77.7 Å². The molecule has 2 saturated heterocycles. The minimum absolute atomic E-state index is 0.115. The largest absolute Gasteiger partial charge is 0.494 e. The molecule has 0 aliphatic carbocycles. The number of hydrogen-bond donors (Lipinski definition) is 5. The smallest absolute Gasteiger partial charge is 0.276 e. The quantitative estimate of drug-likeness (QED) is 0.0656. The fourth-order valence-electron chi connectivity index (χ4n) is 8.15. The number of rotatable bonds is 17. The molecule has 7 N–H and O–H groups in total. The molecule has 0 saturated carbocycles. The second-order valence-electron chi connectivity index (χ2n) is 15.5. The Balaban J connectivity index is 1.10. The molecule has 20 nitrogen and oxygen atoms in total. The number of amides is 3. The van der Waals surface area contributed by atoms with Crippen LogP contribution in [0.15, 0.2) is 54.7 Å². The topological polar surface area (TPSA) is 242 Å². The Bertz CT molecular complexity index is 2660. The zero-order chi connectivity index (χ0) is 43.5. The molecule has 326 valence electrons. The van der Waals surface area contributed by atoms with E-state index in [0.29, 0.717) is 70.7 Å². The number of nitrogens with two attached hydrogens (primary N) is 2. The van der Waals surface area contributed by atoms with Crippen LogP contribution in [0, 0.1) is 6.92 Å². The zero-order valence-electron chi connectivity index (χ0n) is 35.3. The summed E-state index contributed by atoms with van der Waals surface area (Å²) in [5.41, 5.74) is 16.4. The van der Waals surface area contributed by atoms with Gasteiger partial charge in [0.1, 0.15) is 39.5 Å². The number of methoxy groups -OCH3 is 1. The number of nitrogens with zero attached hydrogens (tertiary/aromatic N) is 9. The van der Waals surface area contributed by atoms with Gasteiger partial charge in [0.05, 0.1) is 37.1 Å². The number of primary amides is 1. The predicted octanol–water partition coefficient (Wildman–Crippen LogP) is 2.41. The van der Waals surface area contributed by atoms with E-state index in [2.05, 4.69) is 31.0 Å². The van der Waals surface area contributed by atoms with E-state index in [0.717, 1.165) is 50.4 Å². The Morgan fingerprint density at radius 1 is 0.968 bits per heavy atom. The van der Waals surface area contributed by atoms with Crippen molar-refractivity contribution >= 4 is 51.7 Å². The molecule has 4 aromatic heterocycles. The molecule has 2 aliphatic rings. The van der Waals surface area contributed by atoms with E-state index in [4.69, 9.17) is 35.6 Å². The maximum Gasteiger partial charge on any atom is 0.276 e. The molecular formula is C42H52N14O6. The Morgan fingerprint density at radius 2 is 1.66 bits per heavy atom. The van der Waals surface area contributed by atoms with Gasteiger partial charge in [-0.1, -0.05) is 12.2 Å². The third-order valence-corrected chi connectivity index (χ3v) is 11.1. The fourth-order valence-corrected chi connectivity index (χ4v) is 8.15. The summed E-state index contributed by atoms with van der Waals surface area (Å²) in [5.74, 6) is 0.0157. The van der Waals surface area contributed by atoms with Crippen molar-refractivity contribution in [3.63, 3.8) is 0 Å². The van der Waals surface area contributed by atoms with Crippen molar-refractivity contribution in [2.24, 2.45) is 18.5 Å². The molecule has 3 amide bonds. The summed E-state index contributed by atoms with van der Waals surface area (Å²) >= 11 is 0. The van der Waals surface area contributed by atoms with Crippen LogP contribution in [0.2, 0.25) is 0 Å². The summed E-state index contributed by atoms with van der Waals surface area (Å²) in [4.78, 5) is 51.7. The number of imidazole rings is 2. The first-order valence-electron chi connectivity index (χ1n) is 20.6. The molecule has 8 rings (SSSR count). The van der Waals surface area contributed by atoms with E-state index in [-0.39, 0.29) is 42.7 Å². The number of benzene rings is 2. The van der Waals surface area contributed by atoms with E-state index in [9.17, 15) is 14.4 Å². The van der Waals surface area contributed by atoms with Crippen molar-refractivity contribution in [3.05, 3.63) is 83.0 Å². The summed E-state index contributed by atoms with van der Waals surface area (Å²) in [6.07, 6.45) is 6.07. The van der Waals surface area contributed by atoms with Crippen LogP contribution in [0.1, 0.15) is 55.9 Å². The molecular weight excluding hydrogens is 797 g/mol. The number of aryl methyl sites for hydroxylation is 3. The number of allylic oxidation sites excluding steroid dienone is 2. The molecule has 6 aromatic rings. The van der Waals surface area contributed by atoms with Gasteiger partial charge in [0.15, 0.2) is 0 Å².